The molecule has 0 aliphatic carbocycles. The first kappa shape index (κ1) is 15.6. The zero-order valence-electron chi connectivity index (χ0n) is 10.3. The molecule has 0 amide bonds. The van der Waals surface area contributed by atoms with Gasteiger partial charge in [0.25, 0.3) is 0 Å². The third-order valence-corrected chi connectivity index (χ3v) is 2.67. The minimum Gasteiger partial charge on any atom is -0.400 e. The Hall–Kier alpha value is -1.47. The Labute approximate surface area is 115 Å². The summed E-state index contributed by atoms with van der Waals surface area (Å²) in [4.78, 5) is 4.06. The maximum absolute atomic E-state index is 13.0. The molecule has 0 saturated heterocycles. The maximum Gasteiger partial charge on any atom is 0.141 e. The van der Waals surface area contributed by atoms with E-state index < -0.39 is 11.9 Å². The Balaban J connectivity index is 0.000000861. The van der Waals surface area contributed by atoms with E-state index in [0.29, 0.717) is 11.5 Å². The van der Waals surface area contributed by atoms with E-state index in [4.69, 9.17) is 27.5 Å². The summed E-state index contributed by atoms with van der Waals surface area (Å²) in [5.41, 5.74) is 6.35. The van der Waals surface area contributed by atoms with Gasteiger partial charge < -0.3 is 20.5 Å². The number of nitrogens with two attached hydrogens (primary N) is 1. The molecular formula is C12H15ClFN3O2. The van der Waals surface area contributed by atoms with Gasteiger partial charge in [-0.1, -0.05) is 11.6 Å². The highest BCUT2D eigenvalue weighted by atomic mass is 35.5. The van der Waals surface area contributed by atoms with Crippen LogP contribution in [0.25, 0.3) is 5.69 Å². The number of aromatic nitrogens is 2. The molecule has 0 aliphatic heterocycles. The summed E-state index contributed by atoms with van der Waals surface area (Å²) in [6.45, 7) is -0.216. The normalized spacial score (nSPS) is 11.7. The van der Waals surface area contributed by atoms with E-state index in [1.54, 1.807) is 23.0 Å². The summed E-state index contributed by atoms with van der Waals surface area (Å²) in [7, 11) is 1.00. The van der Waals surface area contributed by atoms with Crippen molar-refractivity contribution in [3.63, 3.8) is 0 Å². The highest BCUT2D eigenvalue weighted by Crippen LogP contribution is 2.21. The smallest absolute Gasteiger partial charge is 0.141 e. The first-order valence-corrected chi connectivity index (χ1v) is 5.81. The zero-order valence-corrected chi connectivity index (χ0v) is 11.0. The molecule has 0 saturated carbocycles. The lowest BCUT2D eigenvalue weighted by Crippen LogP contribution is -2.19. The quantitative estimate of drug-likeness (QED) is 0.794. The van der Waals surface area contributed by atoms with E-state index >= 15 is 0 Å². The van der Waals surface area contributed by atoms with Crippen LogP contribution in [-0.4, -0.2) is 33.5 Å². The SMILES string of the molecule is CO.NC(CO)c1nccn1-c1ccc(F)c(Cl)c1. The topological polar surface area (TPSA) is 84.3 Å². The standard InChI is InChI=1S/C11H11ClFN3O.CH4O/c12-8-5-7(1-2-9(8)13)16-4-3-15-11(16)10(14)6-17;1-2/h1-5,10,17H,6,14H2;2H,1H3. The Bertz CT molecular complexity index is 533. The fourth-order valence-corrected chi connectivity index (χ4v) is 1.70. The van der Waals surface area contributed by atoms with E-state index in [0.717, 1.165) is 7.11 Å². The molecule has 4 N–H and O–H groups in total. The van der Waals surface area contributed by atoms with Gasteiger partial charge in [-0.15, -0.1) is 0 Å². The number of hydrogen-bond acceptors (Lipinski definition) is 4. The molecule has 7 heteroatoms. The van der Waals surface area contributed by atoms with Crippen molar-refractivity contribution in [1.82, 2.24) is 9.55 Å². The number of nitrogens with zero attached hydrogens (tertiary/aromatic N) is 2. The van der Waals surface area contributed by atoms with Crippen molar-refractivity contribution in [3.05, 3.63) is 47.3 Å². The summed E-state index contributed by atoms with van der Waals surface area (Å²) in [5.74, 6) is 0.0127. The predicted molar refractivity (Wildman–Crippen MR) is 70.7 cm³/mol. The van der Waals surface area contributed by atoms with Gasteiger partial charge in [0.15, 0.2) is 0 Å². The molecule has 1 atom stereocenters. The van der Waals surface area contributed by atoms with Crippen molar-refractivity contribution < 1.29 is 14.6 Å². The van der Waals surface area contributed by atoms with Crippen LogP contribution >= 0.6 is 11.6 Å². The minimum atomic E-state index is -0.589. The van der Waals surface area contributed by atoms with Gasteiger partial charge >= 0.3 is 0 Å². The lowest BCUT2D eigenvalue weighted by atomic mass is 10.2. The van der Waals surface area contributed by atoms with Crippen molar-refractivity contribution in [2.45, 2.75) is 6.04 Å². The molecular weight excluding hydrogens is 273 g/mol. The van der Waals surface area contributed by atoms with Gasteiger partial charge in [0, 0.05) is 25.2 Å². The van der Waals surface area contributed by atoms with Crippen LogP contribution in [0.15, 0.2) is 30.6 Å². The van der Waals surface area contributed by atoms with Gasteiger partial charge in [-0.3, -0.25) is 0 Å². The van der Waals surface area contributed by atoms with Gasteiger partial charge in [-0.25, -0.2) is 9.37 Å². The number of rotatable bonds is 3. The summed E-state index contributed by atoms with van der Waals surface area (Å²) >= 11 is 5.71. The monoisotopic (exact) mass is 287 g/mol. The van der Waals surface area contributed by atoms with Crippen molar-refractivity contribution in [1.29, 1.82) is 0 Å². The number of benzene rings is 1. The largest absolute Gasteiger partial charge is 0.400 e. The Morgan fingerprint density at radius 1 is 1.47 bits per heavy atom. The molecule has 5 nitrogen and oxygen atoms in total. The van der Waals surface area contributed by atoms with Gasteiger partial charge in [-0.05, 0) is 18.2 Å². The summed E-state index contributed by atoms with van der Waals surface area (Å²) < 4.78 is 14.7. The molecule has 1 aromatic heterocycles. The zero-order chi connectivity index (χ0) is 14.4. The van der Waals surface area contributed by atoms with Crippen LogP contribution in [0.2, 0.25) is 5.02 Å². The van der Waals surface area contributed by atoms with Crippen molar-refractivity contribution in [3.8, 4) is 5.69 Å². The Morgan fingerprint density at radius 3 is 2.74 bits per heavy atom. The second-order valence-corrected chi connectivity index (χ2v) is 3.95. The number of hydrogen-bond donors (Lipinski definition) is 3. The highest BCUT2D eigenvalue weighted by Gasteiger charge is 2.13. The molecule has 0 spiro atoms. The van der Waals surface area contributed by atoms with Crippen molar-refractivity contribution in [2.24, 2.45) is 5.73 Å². The van der Waals surface area contributed by atoms with Crippen LogP contribution in [0.1, 0.15) is 11.9 Å². The lowest BCUT2D eigenvalue weighted by molar-refractivity contribution is 0.262. The summed E-state index contributed by atoms with van der Waals surface area (Å²) in [6.07, 6.45) is 3.23. The van der Waals surface area contributed by atoms with Crippen LogP contribution in [0.5, 0.6) is 0 Å². The molecule has 2 aromatic rings. The molecule has 2 rings (SSSR count). The highest BCUT2D eigenvalue weighted by molar-refractivity contribution is 6.30. The van der Waals surface area contributed by atoms with Gasteiger partial charge in [0.1, 0.15) is 11.6 Å². The molecule has 0 fully saturated rings. The van der Waals surface area contributed by atoms with Crippen LogP contribution in [-0.2, 0) is 0 Å². The van der Waals surface area contributed by atoms with Crippen molar-refractivity contribution >= 4 is 11.6 Å². The van der Waals surface area contributed by atoms with E-state index in [1.165, 1.54) is 12.1 Å². The number of halogens is 2. The van der Waals surface area contributed by atoms with Crippen LogP contribution in [0.3, 0.4) is 0 Å². The second-order valence-electron chi connectivity index (χ2n) is 3.54. The molecule has 1 unspecified atom stereocenters. The van der Waals surface area contributed by atoms with Crippen LogP contribution in [0, 0.1) is 5.82 Å². The average molecular weight is 288 g/mol. The van der Waals surface area contributed by atoms with E-state index in [-0.39, 0.29) is 11.6 Å². The third-order valence-electron chi connectivity index (χ3n) is 2.38. The van der Waals surface area contributed by atoms with E-state index in [1.807, 2.05) is 0 Å². The minimum absolute atomic E-state index is 0.0275. The number of aliphatic hydroxyl groups is 2. The molecule has 1 aromatic carbocycles. The predicted octanol–water partition coefficient (Wildman–Crippen LogP) is 1.27. The third kappa shape index (κ3) is 3.51. The van der Waals surface area contributed by atoms with Crippen molar-refractivity contribution in [2.75, 3.05) is 13.7 Å². The average Bonchev–Trinajstić information content (AvgIpc) is 2.92. The van der Waals surface area contributed by atoms with E-state index in [2.05, 4.69) is 4.98 Å². The van der Waals surface area contributed by atoms with Gasteiger partial charge in [0.2, 0.25) is 0 Å². The fraction of sp³-hybridized carbons (Fsp3) is 0.250. The summed E-state index contributed by atoms with van der Waals surface area (Å²) in [6, 6.07) is 3.73. The van der Waals surface area contributed by atoms with E-state index in [9.17, 15) is 4.39 Å². The molecule has 0 aliphatic rings. The molecule has 1 heterocycles. The first-order chi connectivity index (χ1) is 9.13. The molecule has 0 bridgehead atoms. The molecule has 0 radical (unpaired) electrons. The molecule has 19 heavy (non-hydrogen) atoms. The Kier molecular flexibility index (Phi) is 5.91. The van der Waals surface area contributed by atoms with Crippen LogP contribution in [0.4, 0.5) is 4.39 Å². The van der Waals surface area contributed by atoms with Crippen LogP contribution < -0.4 is 5.73 Å². The molecule has 104 valence electrons. The number of aliphatic hydroxyl groups excluding tert-OH is 2. The maximum atomic E-state index is 13.0. The second kappa shape index (κ2) is 7.20. The first-order valence-electron chi connectivity index (χ1n) is 5.43. The summed E-state index contributed by atoms with van der Waals surface area (Å²) in [5, 5.41) is 16.0. The fourth-order valence-electron chi connectivity index (χ4n) is 1.52. The lowest BCUT2D eigenvalue weighted by Gasteiger charge is -2.12. The van der Waals surface area contributed by atoms with Gasteiger partial charge in [0.05, 0.1) is 17.7 Å². The Morgan fingerprint density at radius 2 is 2.16 bits per heavy atom. The number of imidazole rings is 1. The van der Waals surface area contributed by atoms with Gasteiger partial charge in [-0.2, -0.15) is 0 Å².